The van der Waals surface area contributed by atoms with Crippen molar-refractivity contribution in [1.29, 1.82) is 0 Å². The molecular weight excluding hydrogens is 323 g/mol. The van der Waals surface area contributed by atoms with Crippen molar-refractivity contribution in [3.8, 4) is 0 Å². The van der Waals surface area contributed by atoms with Crippen LogP contribution >= 0.6 is 24.0 Å². The predicted molar refractivity (Wildman–Crippen MR) is 90.9 cm³/mol. The second-order valence-electron chi connectivity index (χ2n) is 5.76. The fourth-order valence-corrected chi connectivity index (χ4v) is 3.15. The number of rotatable bonds is 2. The normalized spacial score (nSPS) is 21.4. The first-order chi connectivity index (χ1) is 10.1. The largest absolute Gasteiger partial charge is 0.449 e. The number of nitrogens with two attached hydrogens (primary N) is 1. The lowest BCUT2D eigenvalue weighted by Crippen LogP contribution is -2.40. The van der Waals surface area contributed by atoms with E-state index in [0.717, 1.165) is 36.6 Å². The van der Waals surface area contributed by atoms with E-state index in [1.165, 1.54) is 0 Å². The van der Waals surface area contributed by atoms with Crippen molar-refractivity contribution < 1.29 is 9.21 Å². The summed E-state index contributed by atoms with van der Waals surface area (Å²) in [5, 5.41) is 4.46. The molecule has 22 heavy (non-hydrogen) atoms. The van der Waals surface area contributed by atoms with Gasteiger partial charge in [-0.1, -0.05) is 23.7 Å². The molecule has 1 heterocycles. The lowest BCUT2D eigenvalue weighted by Gasteiger charge is -2.26. The van der Waals surface area contributed by atoms with Crippen molar-refractivity contribution >= 4 is 40.9 Å². The number of hydrogen-bond donors (Lipinski definition) is 2. The summed E-state index contributed by atoms with van der Waals surface area (Å²) in [6.45, 7) is 1.88. The van der Waals surface area contributed by atoms with Crippen LogP contribution in [0.2, 0.25) is 5.02 Å². The zero-order valence-corrected chi connectivity index (χ0v) is 14.0. The Hall–Kier alpha value is -1.23. The highest BCUT2D eigenvalue weighted by Crippen LogP contribution is 2.30. The third-order valence-corrected chi connectivity index (χ3v) is 4.53. The molecule has 0 aliphatic heterocycles. The van der Waals surface area contributed by atoms with Crippen LogP contribution in [0.5, 0.6) is 0 Å². The van der Waals surface area contributed by atoms with Gasteiger partial charge in [0.1, 0.15) is 0 Å². The number of carbonyl (C=O) groups excluding carboxylic acids is 1. The van der Waals surface area contributed by atoms with E-state index in [9.17, 15) is 4.79 Å². The second-order valence-corrected chi connectivity index (χ2v) is 6.17. The Balaban J connectivity index is 0.00000176. The first kappa shape index (κ1) is 17.1. The Morgan fingerprint density at radius 3 is 2.64 bits per heavy atom. The van der Waals surface area contributed by atoms with E-state index in [4.69, 9.17) is 21.8 Å². The second kappa shape index (κ2) is 6.90. The molecule has 4 nitrogen and oxygen atoms in total. The number of furan rings is 1. The number of benzene rings is 1. The fraction of sp³-hybridized carbons (Fsp3) is 0.438. The molecule has 3 N–H and O–H groups in total. The molecule has 0 spiro atoms. The van der Waals surface area contributed by atoms with Gasteiger partial charge in [-0.05, 0) is 38.7 Å². The zero-order valence-electron chi connectivity index (χ0n) is 12.4. The van der Waals surface area contributed by atoms with Crippen molar-refractivity contribution in [2.75, 3.05) is 0 Å². The highest BCUT2D eigenvalue weighted by molar-refractivity contribution is 6.35. The quantitative estimate of drug-likeness (QED) is 0.871. The Labute approximate surface area is 140 Å². The van der Waals surface area contributed by atoms with Crippen LogP contribution < -0.4 is 11.1 Å². The number of nitrogens with one attached hydrogen (secondary N) is 1. The molecule has 0 atom stereocenters. The van der Waals surface area contributed by atoms with E-state index < -0.39 is 0 Å². The number of para-hydroxylation sites is 1. The number of amides is 1. The van der Waals surface area contributed by atoms with Gasteiger partial charge in [-0.25, -0.2) is 0 Å². The van der Waals surface area contributed by atoms with Gasteiger partial charge in [0.25, 0.3) is 5.91 Å². The fourth-order valence-electron chi connectivity index (χ4n) is 2.94. The summed E-state index contributed by atoms with van der Waals surface area (Å²) >= 11 is 6.12. The van der Waals surface area contributed by atoms with Crippen molar-refractivity contribution in [3.05, 3.63) is 34.5 Å². The summed E-state index contributed by atoms with van der Waals surface area (Å²) in [6.07, 6.45) is 3.76. The highest BCUT2D eigenvalue weighted by Gasteiger charge is 2.24. The Kier molecular flexibility index (Phi) is 5.37. The standard InChI is InChI=1S/C16H19ClN2O2.ClH/c1-9-12-3-2-4-13(17)15(12)21-14(9)16(20)19-11-7-5-10(18)6-8-11;/h2-4,10-11H,5-8,18H2,1H3,(H,19,20);1H. The zero-order chi connectivity index (χ0) is 15.0. The van der Waals surface area contributed by atoms with Crippen molar-refractivity contribution in [3.63, 3.8) is 0 Å². The Morgan fingerprint density at radius 2 is 2.00 bits per heavy atom. The molecule has 1 fully saturated rings. The molecule has 1 aromatic heterocycles. The van der Waals surface area contributed by atoms with Crippen LogP contribution in [-0.2, 0) is 0 Å². The van der Waals surface area contributed by atoms with Gasteiger partial charge in [-0.15, -0.1) is 12.4 Å². The molecule has 3 rings (SSSR count). The number of carbonyl (C=O) groups is 1. The smallest absolute Gasteiger partial charge is 0.287 e. The summed E-state index contributed by atoms with van der Waals surface area (Å²) in [5.74, 6) is 0.188. The van der Waals surface area contributed by atoms with Gasteiger partial charge in [0, 0.05) is 23.0 Å². The van der Waals surface area contributed by atoms with Crippen molar-refractivity contribution in [2.24, 2.45) is 5.73 Å². The summed E-state index contributed by atoms with van der Waals surface area (Å²) in [6, 6.07) is 5.98. The average Bonchev–Trinajstić information content (AvgIpc) is 2.81. The van der Waals surface area contributed by atoms with Crippen LogP contribution in [0.3, 0.4) is 0 Å². The van der Waals surface area contributed by atoms with Gasteiger partial charge >= 0.3 is 0 Å². The summed E-state index contributed by atoms with van der Waals surface area (Å²) in [5.41, 5.74) is 7.29. The molecule has 1 aliphatic carbocycles. The maximum Gasteiger partial charge on any atom is 0.287 e. The van der Waals surface area contributed by atoms with Gasteiger partial charge in [0.05, 0.1) is 5.02 Å². The average molecular weight is 343 g/mol. The lowest BCUT2D eigenvalue weighted by molar-refractivity contribution is 0.0899. The van der Waals surface area contributed by atoms with E-state index in [1.807, 2.05) is 19.1 Å². The molecule has 0 unspecified atom stereocenters. The molecule has 1 saturated carbocycles. The minimum absolute atomic E-state index is 0. The summed E-state index contributed by atoms with van der Waals surface area (Å²) in [4.78, 5) is 12.4. The molecule has 2 aromatic rings. The maximum atomic E-state index is 12.4. The van der Waals surface area contributed by atoms with Crippen LogP contribution in [0.25, 0.3) is 11.0 Å². The monoisotopic (exact) mass is 342 g/mol. The lowest BCUT2D eigenvalue weighted by atomic mass is 9.92. The molecular formula is C16H20Cl2N2O2. The van der Waals surface area contributed by atoms with Crippen LogP contribution in [0, 0.1) is 6.92 Å². The van der Waals surface area contributed by atoms with E-state index in [0.29, 0.717) is 16.4 Å². The van der Waals surface area contributed by atoms with E-state index in [-0.39, 0.29) is 30.4 Å². The van der Waals surface area contributed by atoms with Gasteiger partial charge < -0.3 is 15.5 Å². The Morgan fingerprint density at radius 1 is 1.32 bits per heavy atom. The molecule has 1 aromatic carbocycles. The van der Waals surface area contributed by atoms with Crippen molar-refractivity contribution in [2.45, 2.75) is 44.7 Å². The van der Waals surface area contributed by atoms with Gasteiger partial charge in [0.2, 0.25) is 0 Å². The molecule has 0 bridgehead atoms. The van der Waals surface area contributed by atoms with Crippen LogP contribution in [0.1, 0.15) is 41.8 Å². The highest BCUT2D eigenvalue weighted by atomic mass is 35.5. The van der Waals surface area contributed by atoms with E-state index in [2.05, 4.69) is 5.32 Å². The molecule has 6 heteroatoms. The number of hydrogen-bond acceptors (Lipinski definition) is 3. The molecule has 1 aliphatic rings. The maximum absolute atomic E-state index is 12.4. The minimum Gasteiger partial charge on any atom is -0.449 e. The first-order valence-electron chi connectivity index (χ1n) is 7.30. The molecule has 120 valence electrons. The summed E-state index contributed by atoms with van der Waals surface area (Å²) < 4.78 is 5.69. The van der Waals surface area contributed by atoms with Crippen LogP contribution in [0.4, 0.5) is 0 Å². The number of halogens is 2. The van der Waals surface area contributed by atoms with E-state index in [1.54, 1.807) is 6.07 Å². The van der Waals surface area contributed by atoms with Gasteiger partial charge in [0.15, 0.2) is 11.3 Å². The van der Waals surface area contributed by atoms with Crippen molar-refractivity contribution in [1.82, 2.24) is 5.32 Å². The number of fused-ring (bicyclic) bond motifs is 1. The van der Waals surface area contributed by atoms with E-state index >= 15 is 0 Å². The van der Waals surface area contributed by atoms with Gasteiger partial charge in [-0.2, -0.15) is 0 Å². The topological polar surface area (TPSA) is 68.3 Å². The summed E-state index contributed by atoms with van der Waals surface area (Å²) in [7, 11) is 0. The SMILES string of the molecule is Cc1c(C(=O)NC2CCC(N)CC2)oc2c(Cl)cccc12.Cl. The number of aryl methyl sites for hydroxylation is 1. The molecule has 1 amide bonds. The third kappa shape index (κ3) is 3.24. The first-order valence-corrected chi connectivity index (χ1v) is 7.68. The third-order valence-electron chi connectivity index (χ3n) is 4.23. The molecule has 0 saturated heterocycles. The minimum atomic E-state index is -0.166. The Bertz CT molecular complexity index is 676. The molecule has 0 radical (unpaired) electrons. The predicted octanol–water partition coefficient (Wildman–Crippen LogP) is 3.82. The van der Waals surface area contributed by atoms with Gasteiger partial charge in [-0.3, -0.25) is 4.79 Å². The van der Waals surface area contributed by atoms with Crippen LogP contribution in [0.15, 0.2) is 22.6 Å². The van der Waals surface area contributed by atoms with Crippen LogP contribution in [-0.4, -0.2) is 18.0 Å².